The van der Waals surface area contributed by atoms with E-state index in [-0.39, 0.29) is 25.2 Å². The summed E-state index contributed by atoms with van der Waals surface area (Å²) in [6, 6.07) is 0. The van der Waals surface area contributed by atoms with Crippen molar-refractivity contribution in [3.05, 3.63) is 85.1 Å². The van der Waals surface area contributed by atoms with Crippen LogP contribution in [0.4, 0.5) is 0 Å². The minimum Gasteiger partial charge on any atom is -0.462 e. The van der Waals surface area contributed by atoms with Crippen molar-refractivity contribution in [3.8, 4) is 0 Å². The predicted octanol–water partition coefficient (Wildman–Crippen LogP) is 15.9. The summed E-state index contributed by atoms with van der Waals surface area (Å²) in [7, 11) is 0. The molecule has 0 rings (SSSR count). The number of allylic oxidation sites excluding steroid dienone is 14. The molecule has 0 aliphatic rings. The van der Waals surface area contributed by atoms with Crippen molar-refractivity contribution in [2.24, 2.45) is 0 Å². The molecule has 58 heavy (non-hydrogen) atoms. The Bertz CT molecular complexity index is 1090. The zero-order valence-electron chi connectivity index (χ0n) is 37.8. The van der Waals surface area contributed by atoms with E-state index in [0.717, 1.165) is 89.9 Å². The molecule has 0 spiro atoms. The number of aliphatic hydroxyl groups excluding tert-OH is 1. The summed E-state index contributed by atoms with van der Waals surface area (Å²) in [5.74, 6) is -0.602. The molecule has 0 bridgehead atoms. The van der Waals surface area contributed by atoms with Crippen LogP contribution in [0.25, 0.3) is 0 Å². The van der Waals surface area contributed by atoms with Crippen LogP contribution >= 0.6 is 0 Å². The normalized spacial score (nSPS) is 12.9. The van der Waals surface area contributed by atoms with Gasteiger partial charge in [-0.2, -0.15) is 0 Å². The number of aliphatic hydroxyl groups is 1. The number of hydrogen-bond donors (Lipinski definition) is 1. The van der Waals surface area contributed by atoms with E-state index in [2.05, 4.69) is 98.9 Å². The first kappa shape index (κ1) is 55.1. The Labute approximate surface area is 358 Å². The molecule has 0 radical (unpaired) electrons. The summed E-state index contributed by atoms with van der Waals surface area (Å²) in [6.07, 6.45) is 66.6. The van der Waals surface area contributed by atoms with E-state index >= 15 is 0 Å². The second-order valence-electron chi connectivity index (χ2n) is 15.8. The number of hydrogen-bond acceptors (Lipinski definition) is 5. The Hall–Kier alpha value is -2.92. The Morgan fingerprint density at radius 2 is 0.741 bits per heavy atom. The van der Waals surface area contributed by atoms with Gasteiger partial charge in [0.05, 0.1) is 6.61 Å². The first-order valence-corrected chi connectivity index (χ1v) is 24.1. The molecular formula is C53H90O5. The fourth-order valence-corrected chi connectivity index (χ4v) is 6.59. The predicted molar refractivity (Wildman–Crippen MR) is 251 cm³/mol. The lowest BCUT2D eigenvalue weighted by atomic mass is 10.0. The van der Waals surface area contributed by atoms with Crippen molar-refractivity contribution in [2.45, 2.75) is 225 Å². The van der Waals surface area contributed by atoms with E-state index in [1.165, 1.54) is 103 Å². The van der Waals surface area contributed by atoms with Gasteiger partial charge in [-0.1, -0.05) is 221 Å². The van der Waals surface area contributed by atoms with Crippen LogP contribution in [0.2, 0.25) is 0 Å². The van der Waals surface area contributed by atoms with Gasteiger partial charge in [-0.05, 0) is 70.6 Å². The van der Waals surface area contributed by atoms with Crippen molar-refractivity contribution in [1.82, 2.24) is 0 Å². The van der Waals surface area contributed by atoms with E-state index in [9.17, 15) is 14.7 Å². The van der Waals surface area contributed by atoms with Crippen LogP contribution in [0.1, 0.15) is 219 Å². The van der Waals surface area contributed by atoms with Gasteiger partial charge in [0.1, 0.15) is 6.61 Å². The number of esters is 2. The van der Waals surface area contributed by atoms with Crippen molar-refractivity contribution >= 4 is 11.9 Å². The molecule has 0 amide bonds. The topological polar surface area (TPSA) is 72.8 Å². The van der Waals surface area contributed by atoms with Crippen molar-refractivity contribution < 1.29 is 24.2 Å². The van der Waals surface area contributed by atoms with E-state index in [1.807, 2.05) is 0 Å². The lowest BCUT2D eigenvalue weighted by molar-refractivity contribution is -0.161. The number of ether oxygens (including phenoxy) is 2. The minimum atomic E-state index is -0.780. The number of carbonyl (C=O) groups excluding carboxylic acids is 2. The van der Waals surface area contributed by atoms with Crippen LogP contribution in [0.5, 0.6) is 0 Å². The fourth-order valence-electron chi connectivity index (χ4n) is 6.59. The Morgan fingerprint density at radius 3 is 1.12 bits per heavy atom. The first-order chi connectivity index (χ1) is 28.6. The molecule has 0 aromatic heterocycles. The summed E-state index contributed by atoms with van der Waals surface area (Å²) < 4.78 is 10.6. The highest BCUT2D eigenvalue weighted by molar-refractivity contribution is 5.70. The van der Waals surface area contributed by atoms with Gasteiger partial charge in [0, 0.05) is 12.8 Å². The van der Waals surface area contributed by atoms with Gasteiger partial charge in [-0.3, -0.25) is 9.59 Å². The van der Waals surface area contributed by atoms with Crippen LogP contribution in [-0.4, -0.2) is 36.4 Å². The maximum Gasteiger partial charge on any atom is 0.306 e. The summed E-state index contributed by atoms with van der Waals surface area (Å²) in [4.78, 5) is 24.4. The first-order valence-electron chi connectivity index (χ1n) is 24.1. The van der Waals surface area contributed by atoms with Crippen LogP contribution in [0, 0.1) is 0 Å². The molecule has 0 saturated heterocycles. The molecule has 1 atom stereocenters. The molecule has 0 aromatic rings. The Morgan fingerprint density at radius 1 is 0.414 bits per heavy atom. The zero-order chi connectivity index (χ0) is 42.1. The number of rotatable bonds is 43. The molecule has 5 heteroatoms. The van der Waals surface area contributed by atoms with E-state index in [0.29, 0.717) is 12.8 Å². The van der Waals surface area contributed by atoms with Gasteiger partial charge in [0.25, 0.3) is 0 Å². The molecule has 1 unspecified atom stereocenters. The van der Waals surface area contributed by atoms with E-state index < -0.39 is 6.10 Å². The molecule has 0 saturated carbocycles. The largest absolute Gasteiger partial charge is 0.462 e. The molecule has 0 heterocycles. The quantitative estimate of drug-likeness (QED) is 0.0377. The summed E-state index contributed by atoms with van der Waals surface area (Å²) in [5.41, 5.74) is 0. The molecule has 0 aliphatic heterocycles. The van der Waals surface area contributed by atoms with Crippen LogP contribution in [0.3, 0.4) is 0 Å². The van der Waals surface area contributed by atoms with E-state index in [4.69, 9.17) is 9.47 Å². The monoisotopic (exact) mass is 807 g/mol. The van der Waals surface area contributed by atoms with Crippen LogP contribution < -0.4 is 0 Å². The van der Waals surface area contributed by atoms with Gasteiger partial charge >= 0.3 is 11.9 Å². The summed E-state index contributed by atoms with van der Waals surface area (Å²) >= 11 is 0. The van der Waals surface area contributed by atoms with Gasteiger partial charge in [0.15, 0.2) is 6.10 Å². The SMILES string of the molecule is CC/C=C\C/C=C\C/C=C\C/C=C\C/C=C\C/C=C\C/C=C\CCCCCCCCCC(=O)OC(CO)COC(=O)CCCCCCCCCCCCCCCCC. The number of unbranched alkanes of at least 4 members (excludes halogenated alkanes) is 21. The lowest BCUT2D eigenvalue weighted by Crippen LogP contribution is -2.28. The molecule has 332 valence electrons. The van der Waals surface area contributed by atoms with E-state index in [1.54, 1.807) is 0 Å². The third-order valence-corrected chi connectivity index (χ3v) is 10.2. The molecule has 0 aromatic carbocycles. The maximum atomic E-state index is 12.2. The lowest BCUT2D eigenvalue weighted by Gasteiger charge is -2.15. The minimum absolute atomic E-state index is 0.0719. The van der Waals surface area contributed by atoms with Gasteiger partial charge in [-0.25, -0.2) is 0 Å². The second kappa shape index (κ2) is 48.4. The summed E-state index contributed by atoms with van der Waals surface area (Å²) in [6.45, 7) is 4.02. The molecule has 5 nitrogen and oxygen atoms in total. The highest BCUT2D eigenvalue weighted by Gasteiger charge is 2.16. The molecule has 0 fully saturated rings. The summed E-state index contributed by atoms with van der Waals surface area (Å²) in [5, 5.41) is 9.60. The van der Waals surface area contributed by atoms with Crippen molar-refractivity contribution in [2.75, 3.05) is 13.2 Å². The zero-order valence-corrected chi connectivity index (χ0v) is 37.8. The third kappa shape index (κ3) is 45.8. The molecular weight excluding hydrogens is 717 g/mol. The maximum absolute atomic E-state index is 12.2. The second-order valence-corrected chi connectivity index (χ2v) is 15.8. The molecule has 1 N–H and O–H groups in total. The average Bonchev–Trinajstić information content (AvgIpc) is 3.23. The van der Waals surface area contributed by atoms with Gasteiger partial charge in [0.2, 0.25) is 0 Å². The fraction of sp³-hybridized carbons (Fsp3) is 0.698. The van der Waals surface area contributed by atoms with Gasteiger partial charge < -0.3 is 14.6 Å². The highest BCUT2D eigenvalue weighted by atomic mass is 16.6. The van der Waals surface area contributed by atoms with Crippen LogP contribution in [0.15, 0.2) is 85.1 Å². The smallest absolute Gasteiger partial charge is 0.306 e. The van der Waals surface area contributed by atoms with Gasteiger partial charge in [-0.15, -0.1) is 0 Å². The van der Waals surface area contributed by atoms with Crippen molar-refractivity contribution in [1.29, 1.82) is 0 Å². The van der Waals surface area contributed by atoms with Crippen molar-refractivity contribution in [3.63, 3.8) is 0 Å². The Kier molecular flexibility index (Phi) is 46.0. The standard InChI is InChI=1S/C53H90O5/c1-3-5-7-9-11-13-15-17-19-20-21-22-23-24-25-26-27-28-29-30-31-32-34-36-38-40-42-44-46-48-53(56)58-51(49-54)50-57-52(55)47-45-43-41-39-37-35-33-18-16-14-12-10-8-6-4-2/h5,7,11,13,17,19,21-22,24-25,27-28,30-31,51,54H,3-4,6,8-10,12,14-16,18,20,23,26,29,32-50H2,1-2H3/b7-5-,13-11-,19-17-,22-21-,25-24-,28-27-,31-30-. The molecule has 0 aliphatic carbocycles. The third-order valence-electron chi connectivity index (χ3n) is 10.2. The van der Waals surface area contributed by atoms with Crippen LogP contribution in [-0.2, 0) is 19.1 Å². The Balaban J connectivity index is 3.59. The average molecular weight is 807 g/mol. The number of carbonyl (C=O) groups is 2. The highest BCUT2D eigenvalue weighted by Crippen LogP contribution is 2.15.